The number of H-pyrrole nitrogens is 1. The van der Waals surface area contributed by atoms with Crippen LogP contribution in [0.15, 0.2) is 48.3 Å². The third-order valence-electron chi connectivity index (χ3n) is 5.61. The molecule has 0 atom stereocenters. The number of nitrogens with zero attached hydrogens (tertiary/aromatic N) is 1. The lowest BCUT2D eigenvalue weighted by molar-refractivity contribution is -0.120. The van der Waals surface area contributed by atoms with Crippen LogP contribution in [0.25, 0.3) is 17.2 Å². The second-order valence-electron chi connectivity index (χ2n) is 7.61. The maximum atomic E-state index is 14.1. The summed E-state index contributed by atoms with van der Waals surface area (Å²) < 4.78 is 24.6. The van der Waals surface area contributed by atoms with E-state index in [0.717, 1.165) is 27.8 Å². The Hall–Kier alpha value is -4.07. The fourth-order valence-corrected chi connectivity index (χ4v) is 3.95. The molecule has 4 rings (SSSR count). The highest BCUT2D eigenvalue weighted by atomic mass is 19.1. The van der Waals surface area contributed by atoms with E-state index in [2.05, 4.69) is 15.3 Å². The molecule has 0 saturated carbocycles. The molecule has 3 N–H and O–H groups in total. The van der Waals surface area contributed by atoms with Gasteiger partial charge in [-0.1, -0.05) is 6.07 Å². The molecule has 170 valence electrons. The first kappa shape index (κ1) is 22.1. The molecule has 8 heteroatoms. The number of nitrogens with one attached hydrogen (secondary N) is 2. The molecule has 0 unspecified atom stereocenters. The second-order valence-corrected chi connectivity index (χ2v) is 7.61. The number of hydrogen-bond acceptors (Lipinski definition) is 5. The van der Waals surface area contributed by atoms with Crippen LogP contribution >= 0.6 is 0 Å². The highest BCUT2D eigenvalue weighted by Crippen LogP contribution is 2.45. The van der Waals surface area contributed by atoms with E-state index in [4.69, 9.17) is 9.47 Å². The van der Waals surface area contributed by atoms with Crippen molar-refractivity contribution in [3.63, 3.8) is 0 Å². The van der Waals surface area contributed by atoms with Crippen LogP contribution < -0.4 is 14.8 Å². The van der Waals surface area contributed by atoms with Gasteiger partial charge in [-0.3, -0.25) is 4.79 Å². The Labute approximate surface area is 190 Å². The zero-order chi connectivity index (χ0) is 23.5. The van der Waals surface area contributed by atoms with Crippen molar-refractivity contribution in [3.8, 4) is 17.2 Å². The minimum Gasteiger partial charge on any atom is -0.502 e. The van der Waals surface area contributed by atoms with Gasteiger partial charge in [0.25, 0.3) is 0 Å². The van der Waals surface area contributed by atoms with Gasteiger partial charge in [0.15, 0.2) is 11.5 Å². The maximum absolute atomic E-state index is 14.1. The number of aromatic amines is 1. The minimum absolute atomic E-state index is 0.0859. The quantitative estimate of drug-likeness (QED) is 0.500. The van der Waals surface area contributed by atoms with Gasteiger partial charge in [-0.2, -0.15) is 0 Å². The summed E-state index contributed by atoms with van der Waals surface area (Å²) in [4.78, 5) is 19.7. The van der Waals surface area contributed by atoms with Crippen LogP contribution in [0.5, 0.6) is 17.2 Å². The van der Waals surface area contributed by atoms with Gasteiger partial charge < -0.3 is 24.9 Å². The summed E-state index contributed by atoms with van der Waals surface area (Å²) in [5.74, 6) is 0.560. The Morgan fingerprint density at radius 1 is 1.18 bits per heavy atom. The molecular formula is C25H24FN3O4. The Balaban J connectivity index is 1.70. The number of phenolic OH excluding ortho intramolecular Hbond substituents is 1. The molecule has 0 saturated heterocycles. The zero-order valence-corrected chi connectivity index (χ0v) is 18.5. The normalized spacial score (nSPS) is 13.9. The molecule has 0 radical (unpaired) electrons. The SMILES string of the molecule is COc1cc(C=C2C(C)=C(CC(=O)NCc3ncc[nH]3)c3cc(F)ccc32)cc(OC)c1O. The number of fused-ring (bicyclic) bond motifs is 1. The number of hydrogen-bond donors (Lipinski definition) is 3. The number of methoxy groups -OCH3 is 2. The molecule has 3 aromatic rings. The summed E-state index contributed by atoms with van der Waals surface area (Å²) in [6, 6.07) is 7.94. The number of aromatic nitrogens is 2. The second kappa shape index (κ2) is 9.20. The Kier molecular flexibility index (Phi) is 6.17. The van der Waals surface area contributed by atoms with E-state index < -0.39 is 0 Å². The lowest BCUT2D eigenvalue weighted by Gasteiger charge is -2.11. The molecule has 0 aliphatic heterocycles. The summed E-state index contributed by atoms with van der Waals surface area (Å²) in [7, 11) is 2.92. The van der Waals surface area contributed by atoms with E-state index in [-0.39, 0.29) is 41.9 Å². The van der Waals surface area contributed by atoms with E-state index >= 15 is 0 Å². The van der Waals surface area contributed by atoms with Crippen LogP contribution in [0.2, 0.25) is 0 Å². The van der Waals surface area contributed by atoms with Gasteiger partial charge in [0.05, 0.1) is 27.2 Å². The van der Waals surface area contributed by atoms with Crippen molar-refractivity contribution in [1.82, 2.24) is 15.3 Å². The number of benzene rings is 2. The smallest absolute Gasteiger partial charge is 0.224 e. The molecule has 33 heavy (non-hydrogen) atoms. The van der Waals surface area contributed by atoms with Crippen LogP contribution in [-0.4, -0.2) is 35.2 Å². The fourth-order valence-electron chi connectivity index (χ4n) is 3.95. The van der Waals surface area contributed by atoms with E-state index in [0.29, 0.717) is 11.4 Å². The largest absolute Gasteiger partial charge is 0.502 e. The van der Waals surface area contributed by atoms with Gasteiger partial charge in [0, 0.05) is 12.4 Å². The molecule has 0 spiro atoms. The molecule has 1 aliphatic rings. The molecule has 1 heterocycles. The number of ether oxygens (including phenoxy) is 2. The van der Waals surface area contributed by atoms with E-state index in [1.807, 2.05) is 13.0 Å². The van der Waals surface area contributed by atoms with Crippen molar-refractivity contribution < 1.29 is 23.8 Å². The molecule has 2 aromatic carbocycles. The molecule has 0 fully saturated rings. The summed E-state index contributed by atoms with van der Waals surface area (Å²) >= 11 is 0. The van der Waals surface area contributed by atoms with Crippen LogP contribution in [0.4, 0.5) is 4.39 Å². The van der Waals surface area contributed by atoms with E-state index in [1.165, 1.54) is 26.4 Å². The van der Waals surface area contributed by atoms with E-state index in [9.17, 15) is 14.3 Å². The lowest BCUT2D eigenvalue weighted by Crippen LogP contribution is -2.23. The summed E-state index contributed by atoms with van der Waals surface area (Å²) in [6.45, 7) is 2.19. The highest BCUT2D eigenvalue weighted by molar-refractivity contribution is 6.08. The minimum atomic E-state index is -0.371. The standard InChI is InChI=1S/C25H24FN3O4/c1-14-18(8-15-9-21(32-2)25(31)22(10-15)33-3)17-5-4-16(26)11-20(17)19(14)12-24(30)29-13-23-27-6-7-28-23/h4-11,31H,12-13H2,1-3H3,(H,27,28)(H,29,30). The average Bonchev–Trinajstić information content (AvgIpc) is 3.41. The predicted octanol–water partition coefficient (Wildman–Crippen LogP) is 4.31. The van der Waals surface area contributed by atoms with Gasteiger partial charge >= 0.3 is 0 Å². The number of imidazole rings is 1. The third-order valence-corrected chi connectivity index (χ3v) is 5.61. The van der Waals surface area contributed by atoms with Crippen LogP contribution in [-0.2, 0) is 11.3 Å². The van der Waals surface area contributed by atoms with Crippen molar-refractivity contribution in [2.24, 2.45) is 0 Å². The molecular weight excluding hydrogens is 425 g/mol. The number of halogens is 1. The molecule has 1 aromatic heterocycles. The highest BCUT2D eigenvalue weighted by Gasteiger charge is 2.26. The van der Waals surface area contributed by atoms with Crippen molar-refractivity contribution >= 4 is 23.1 Å². The molecule has 1 amide bonds. The van der Waals surface area contributed by atoms with Crippen LogP contribution in [0.1, 0.15) is 35.9 Å². The number of allylic oxidation sites excluding steroid dienone is 2. The number of rotatable bonds is 7. The van der Waals surface area contributed by atoms with Gasteiger partial charge in [-0.15, -0.1) is 0 Å². The third kappa shape index (κ3) is 4.45. The lowest BCUT2D eigenvalue weighted by atomic mass is 10.00. The number of carbonyl (C=O) groups excluding carboxylic acids is 1. The summed E-state index contributed by atoms with van der Waals surface area (Å²) in [6.07, 6.45) is 5.32. The number of amides is 1. The first-order valence-electron chi connectivity index (χ1n) is 10.3. The molecule has 1 aliphatic carbocycles. The first-order valence-corrected chi connectivity index (χ1v) is 10.3. The Morgan fingerprint density at radius 2 is 1.91 bits per heavy atom. The first-order chi connectivity index (χ1) is 15.9. The number of aromatic hydroxyl groups is 1. The van der Waals surface area contributed by atoms with Gasteiger partial charge in [0.2, 0.25) is 11.7 Å². The van der Waals surface area contributed by atoms with Crippen molar-refractivity contribution in [2.45, 2.75) is 19.9 Å². The van der Waals surface area contributed by atoms with Gasteiger partial charge in [-0.25, -0.2) is 9.37 Å². The molecule has 7 nitrogen and oxygen atoms in total. The molecule has 0 bridgehead atoms. The number of phenols is 1. The monoisotopic (exact) mass is 449 g/mol. The Morgan fingerprint density at radius 3 is 2.55 bits per heavy atom. The predicted molar refractivity (Wildman–Crippen MR) is 123 cm³/mol. The van der Waals surface area contributed by atoms with Crippen LogP contribution in [0, 0.1) is 5.82 Å². The fraction of sp³-hybridized carbons (Fsp3) is 0.200. The topological polar surface area (TPSA) is 96.5 Å². The van der Waals surface area contributed by atoms with E-state index in [1.54, 1.807) is 30.6 Å². The number of carbonyl (C=O) groups is 1. The average molecular weight is 449 g/mol. The van der Waals surface area contributed by atoms with Crippen molar-refractivity contribution in [3.05, 3.63) is 76.6 Å². The summed E-state index contributed by atoms with van der Waals surface area (Å²) in [5.41, 5.74) is 4.72. The van der Waals surface area contributed by atoms with Gasteiger partial charge in [0.1, 0.15) is 11.6 Å². The van der Waals surface area contributed by atoms with Crippen molar-refractivity contribution in [1.29, 1.82) is 0 Å². The summed E-state index contributed by atoms with van der Waals surface area (Å²) in [5, 5.41) is 13.0. The zero-order valence-electron chi connectivity index (χ0n) is 18.5. The maximum Gasteiger partial charge on any atom is 0.224 e. The van der Waals surface area contributed by atoms with Gasteiger partial charge in [-0.05, 0) is 70.7 Å². The van der Waals surface area contributed by atoms with Crippen LogP contribution in [0.3, 0.4) is 0 Å². The Bertz CT molecular complexity index is 1240. The van der Waals surface area contributed by atoms with Crippen molar-refractivity contribution in [2.75, 3.05) is 14.2 Å².